The van der Waals surface area contributed by atoms with Crippen molar-refractivity contribution in [1.82, 2.24) is 4.31 Å². The molecule has 12 nitrogen and oxygen atoms in total. The van der Waals surface area contributed by atoms with Gasteiger partial charge in [-0.05, 0) is 79.9 Å². The Morgan fingerprint density at radius 1 is 0.809 bits per heavy atom. The van der Waals surface area contributed by atoms with Gasteiger partial charge in [0.05, 0.1) is 36.5 Å². The first-order chi connectivity index (χ1) is 22.6. The molecule has 2 aliphatic rings. The molecular formula is C33H43N5O7S2. The van der Waals surface area contributed by atoms with Crippen molar-refractivity contribution in [1.29, 1.82) is 0 Å². The smallest absolute Gasteiger partial charge is 0.264 e. The van der Waals surface area contributed by atoms with Gasteiger partial charge in [0.15, 0.2) is 0 Å². The summed E-state index contributed by atoms with van der Waals surface area (Å²) < 4.78 is 69.3. The van der Waals surface area contributed by atoms with Gasteiger partial charge in [0.25, 0.3) is 15.9 Å². The number of carbonyl (C=O) groups is 1. The summed E-state index contributed by atoms with van der Waals surface area (Å²) in [6.45, 7) is 7.54. The van der Waals surface area contributed by atoms with E-state index in [1.165, 1.54) is 23.5 Å². The summed E-state index contributed by atoms with van der Waals surface area (Å²) in [7, 11) is -6.42. The molecule has 0 aromatic heterocycles. The molecule has 0 radical (unpaired) electrons. The number of amides is 1. The van der Waals surface area contributed by atoms with Crippen LogP contribution in [-0.4, -0.2) is 86.6 Å². The van der Waals surface area contributed by atoms with Crippen LogP contribution in [0.3, 0.4) is 0 Å². The Labute approximate surface area is 277 Å². The molecule has 3 aromatic carbocycles. The Morgan fingerprint density at radius 2 is 1.43 bits per heavy atom. The average molecular weight is 686 g/mol. The number of nitrogens with zero attached hydrogens (tertiary/aromatic N) is 3. The van der Waals surface area contributed by atoms with E-state index < -0.39 is 26.0 Å². The van der Waals surface area contributed by atoms with Crippen LogP contribution < -0.4 is 24.6 Å². The van der Waals surface area contributed by atoms with Crippen LogP contribution in [0.2, 0.25) is 0 Å². The molecule has 0 unspecified atom stereocenters. The van der Waals surface area contributed by atoms with E-state index in [2.05, 4.69) is 14.9 Å². The van der Waals surface area contributed by atoms with Gasteiger partial charge in [-0.3, -0.25) is 9.52 Å². The summed E-state index contributed by atoms with van der Waals surface area (Å²) in [5, 5.41) is 2.87. The number of sulfonamides is 2. The number of hydrogen-bond acceptors (Lipinski definition) is 9. The zero-order chi connectivity index (χ0) is 33.6. The second kappa shape index (κ2) is 14.9. The zero-order valence-corrected chi connectivity index (χ0v) is 28.7. The Kier molecular flexibility index (Phi) is 11.0. The molecule has 0 spiro atoms. The molecule has 0 saturated carbocycles. The summed E-state index contributed by atoms with van der Waals surface area (Å²) in [4.78, 5) is 18.1. The SMILES string of the molecule is CCN(CC)S(=O)(=O)c1ccc(N2CCCCC2)c(C(=O)Nc2ccc(N3CCOCC3)c(S(=O)(=O)Nc3ccc(OC)cc3)c2)c1. The Balaban J connectivity index is 1.52. The van der Waals surface area contributed by atoms with Crippen molar-refractivity contribution in [2.45, 2.75) is 42.9 Å². The maximum absolute atomic E-state index is 14.0. The predicted octanol–water partition coefficient (Wildman–Crippen LogP) is 4.61. The lowest BCUT2D eigenvalue weighted by atomic mass is 10.1. The van der Waals surface area contributed by atoms with Crippen molar-refractivity contribution >= 4 is 48.7 Å². The minimum atomic E-state index is -4.12. The van der Waals surface area contributed by atoms with Gasteiger partial charge in [0.2, 0.25) is 10.0 Å². The number of carbonyl (C=O) groups excluding carboxylic acids is 1. The van der Waals surface area contributed by atoms with Crippen LogP contribution in [0.1, 0.15) is 43.5 Å². The van der Waals surface area contributed by atoms with E-state index in [4.69, 9.17) is 9.47 Å². The molecule has 5 rings (SSSR count). The number of rotatable bonds is 12. The van der Waals surface area contributed by atoms with Crippen LogP contribution in [0, 0.1) is 0 Å². The normalized spacial score (nSPS) is 15.8. The molecule has 254 valence electrons. The van der Waals surface area contributed by atoms with E-state index in [0.717, 1.165) is 32.4 Å². The lowest BCUT2D eigenvalue weighted by molar-refractivity contribution is 0.102. The highest BCUT2D eigenvalue weighted by Gasteiger charge is 2.28. The molecule has 2 aliphatic heterocycles. The van der Waals surface area contributed by atoms with E-state index in [1.54, 1.807) is 62.4 Å². The molecule has 1 amide bonds. The van der Waals surface area contributed by atoms with Crippen molar-refractivity contribution in [3.05, 3.63) is 66.2 Å². The zero-order valence-electron chi connectivity index (χ0n) is 27.1. The Morgan fingerprint density at radius 3 is 2.06 bits per heavy atom. The standard InChI is InChI=1S/C33H43N5O7S2/c1-4-38(5-2)47(42,43)28-14-16-30(36-17-7-6-8-18-36)29(24-28)33(39)34-26-11-15-31(37-19-21-45-22-20-37)32(23-26)46(40,41)35-25-9-12-27(44-3)13-10-25/h9-16,23-24,35H,4-8,17-22H2,1-3H3,(H,34,39). The number of methoxy groups -OCH3 is 1. The van der Waals surface area contributed by atoms with Crippen molar-refractivity contribution in [2.24, 2.45) is 0 Å². The lowest BCUT2D eigenvalue weighted by Crippen LogP contribution is -2.37. The van der Waals surface area contributed by atoms with E-state index in [1.807, 2.05) is 4.90 Å². The molecule has 14 heteroatoms. The first kappa shape index (κ1) is 34.5. The van der Waals surface area contributed by atoms with Crippen LogP contribution in [-0.2, 0) is 24.8 Å². The lowest BCUT2D eigenvalue weighted by Gasteiger charge is -2.31. The molecule has 2 heterocycles. The highest BCUT2D eigenvalue weighted by atomic mass is 32.2. The third-order valence-electron chi connectivity index (χ3n) is 8.45. The molecular weight excluding hydrogens is 643 g/mol. The predicted molar refractivity (Wildman–Crippen MR) is 184 cm³/mol. The summed E-state index contributed by atoms with van der Waals surface area (Å²) in [5.74, 6) is 0.0531. The minimum absolute atomic E-state index is 0.0119. The molecule has 47 heavy (non-hydrogen) atoms. The second-order valence-corrected chi connectivity index (χ2v) is 15.0. The average Bonchev–Trinajstić information content (AvgIpc) is 3.09. The van der Waals surface area contributed by atoms with E-state index in [9.17, 15) is 21.6 Å². The highest BCUT2D eigenvalue weighted by molar-refractivity contribution is 7.93. The maximum Gasteiger partial charge on any atom is 0.264 e. The van der Waals surface area contributed by atoms with Crippen LogP contribution in [0.4, 0.5) is 22.7 Å². The van der Waals surface area contributed by atoms with Gasteiger partial charge < -0.3 is 24.6 Å². The fourth-order valence-corrected chi connectivity index (χ4v) is 8.72. The van der Waals surface area contributed by atoms with Crippen molar-refractivity contribution < 1.29 is 31.1 Å². The number of ether oxygens (including phenoxy) is 2. The van der Waals surface area contributed by atoms with Crippen molar-refractivity contribution in [3.63, 3.8) is 0 Å². The largest absolute Gasteiger partial charge is 0.497 e. The van der Waals surface area contributed by atoms with Crippen molar-refractivity contribution in [2.75, 3.05) is 79.4 Å². The topological polar surface area (TPSA) is 138 Å². The second-order valence-electron chi connectivity index (χ2n) is 11.4. The van der Waals surface area contributed by atoms with Crippen molar-refractivity contribution in [3.8, 4) is 5.75 Å². The van der Waals surface area contributed by atoms with E-state index >= 15 is 0 Å². The number of morpholine rings is 1. The number of piperidine rings is 1. The fraction of sp³-hybridized carbons (Fsp3) is 0.424. The third kappa shape index (κ3) is 7.83. The number of benzene rings is 3. The van der Waals surface area contributed by atoms with E-state index in [0.29, 0.717) is 62.2 Å². The monoisotopic (exact) mass is 685 g/mol. The third-order valence-corrected chi connectivity index (χ3v) is 11.9. The summed E-state index contributed by atoms with van der Waals surface area (Å²) in [6.07, 6.45) is 3.02. The number of hydrogen-bond donors (Lipinski definition) is 2. The number of nitrogens with one attached hydrogen (secondary N) is 2. The summed E-state index contributed by atoms with van der Waals surface area (Å²) in [6, 6.07) is 16.0. The van der Waals surface area contributed by atoms with E-state index in [-0.39, 0.29) is 21.0 Å². The molecule has 0 bridgehead atoms. The first-order valence-corrected chi connectivity index (χ1v) is 18.8. The maximum atomic E-state index is 14.0. The van der Waals surface area contributed by atoms with Crippen LogP contribution >= 0.6 is 0 Å². The van der Waals surface area contributed by atoms with Crippen LogP contribution in [0.15, 0.2) is 70.5 Å². The van der Waals surface area contributed by atoms with Gasteiger partial charge >= 0.3 is 0 Å². The van der Waals surface area contributed by atoms with Gasteiger partial charge in [0.1, 0.15) is 10.6 Å². The molecule has 2 N–H and O–H groups in total. The summed E-state index contributed by atoms with van der Waals surface area (Å²) >= 11 is 0. The molecule has 3 aromatic rings. The van der Waals surface area contributed by atoms with Gasteiger partial charge in [-0.15, -0.1) is 0 Å². The summed E-state index contributed by atoms with van der Waals surface area (Å²) in [5.41, 5.74) is 1.93. The first-order valence-electron chi connectivity index (χ1n) is 15.9. The van der Waals surface area contributed by atoms with Gasteiger partial charge in [-0.2, -0.15) is 4.31 Å². The Bertz CT molecular complexity index is 1770. The fourth-order valence-electron chi connectivity index (χ4n) is 5.92. The van der Waals surface area contributed by atoms with Gasteiger partial charge in [-0.25, -0.2) is 16.8 Å². The molecule has 0 aliphatic carbocycles. The Hall–Kier alpha value is -3.85. The van der Waals surface area contributed by atoms with Gasteiger partial charge in [-0.1, -0.05) is 13.8 Å². The van der Waals surface area contributed by atoms with Crippen LogP contribution in [0.5, 0.6) is 5.75 Å². The number of anilines is 4. The molecule has 0 atom stereocenters. The highest BCUT2D eigenvalue weighted by Crippen LogP contribution is 2.33. The molecule has 2 saturated heterocycles. The van der Waals surface area contributed by atoms with Gasteiger partial charge in [0, 0.05) is 56.3 Å². The quantitative estimate of drug-likeness (QED) is 0.280. The van der Waals surface area contributed by atoms with Crippen LogP contribution in [0.25, 0.3) is 0 Å². The minimum Gasteiger partial charge on any atom is -0.497 e. The molecule has 2 fully saturated rings.